The van der Waals surface area contributed by atoms with E-state index in [0.29, 0.717) is 12.8 Å². The van der Waals surface area contributed by atoms with Gasteiger partial charge in [-0.2, -0.15) is 0 Å². The first-order valence-corrected chi connectivity index (χ1v) is 15.4. The van der Waals surface area contributed by atoms with Gasteiger partial charge in [-0.25, -0.2) is 0 Å². The molecule has 0 spiro atoms. The zero-order chi connectivity index (χ0) is 25.6. The molecular weight excluding hydrogens is 587 g/mol. The van der Waals surface area contributed by atoms with Crippen LogP contribution in [0.25, 0.3) is 21.7 Å². The van der Waals surface area contributed by atoms with Crippen molar-refractivity contribution in [2.24, 2.45) is 5.92 Å². The number of fused-ring (bicyclic) bond motifs is 4. The number of aryl methyl sites for hydroxylation is 2. The summed E-state index contributed by atoms with van der Waals surface area (Å²) in [6.07, 6.45) is 5.65. The maximum atomic E-state index is 13.2. The second-order valence-electron chi connectivity index (χ2n) is 12.6. The number of phenolic OH excluding ortho intramolecular Hbond substituents is 2. The van der Waals surface area contributed by atoms with E-state index in [9.17, 15) is 15.3 Å². The maximum Gasteiger partial charge on any atom is 0.161 e. The molecule has 1 saturated heterocycles. The Hall–Kier alpha value is -2.29. The van der Waals surface area contributed by atoms with Gasteiger partial charge in [0.1, 0.15) is 0 Å². The van der Waals surface area contributed by atoms with Gasteiger partial charge in [-0.05, 0) is 72.7 Å². The Bertz CT molecular complexity index is 1710. The van der Waals surface area contributed by atoms with E-state index < -0.39 is 11.0 Å². The predicted octanol–water partition coefficient (Wildman–Crippen LogP) is 5.50. The molecule has 2 bridgehead atoms. The standard InChI is InChI=1S/C32H31IN2O3/c33-30-28-22(21-8-6-18-2-1-3-19-10-12-35(28)27(21)25(18)19)15-32(38)24-14-20-7-9-23(36)29(37)26(20)31(30,32)11-13-34(24)16-17-4-5-17/h1-3,6-9,17,24,30,36-38H,4-5,10-16H2/t24-,30?,31+,32-/m1/s1. The largest absolute Gasteiger partial charge is 0.504 e. The number of nitrogens with zero attached hydrogens (tertiary/aromatic N) is 2. The molecule has 3 heterocycles. The molecule has 2 aliphatic heterocycles. The zero-order valence-corrected chi connectivity index (χ0v) is 23.4. The molecule has 9 rings (SSSR count). The molecule has 2 fully saturated rings. The van der Waals surface area contributed by atoms with Crippen LogP contribution in [0.2, 0.25) is 0 Å². The molecule has 1 saturated carbocycles. The van der Waals surface area contributed by atoms with Gasteiger partial charge in [-0.15, -0.1) is 0 Å². The number of phenols is 2. The highest BCUT2D eigenvalue weighted by molar-refractivity contribution is 14.1. The highest BCUT2D eigenvalue weighted by Gasteiger charge is 2.69. The van der Waals surface area contributed by atoms with Crippen molar-refractivity contribution in [3.05, 3.63) is 70.4 Å². The number of hydrogen-bond acceptors (Lipinski definition) is 4. The quantitative estimate of drug-likeness (QED) is 0.158. The van der Waals surface area contributed by atoms with Crippen LogP contribution in [0.4, 0.5) is 0 Å². The average Bonchev–Trinajstić information content (AvgIpc) is 3.67. The first-order chi connectivity index (χ1) is 18.4. The van der Waals surface area contributed by atoms with Crippen LogP contribution in [0.15, 0.2) is 42.5 Å². The predicted molar refractivity (Wildman–Crippen MR) is 156 cm³/mol. The third-order valence-corrected chi connectivity index (χ3v) is 12.5. The van der Waals surface area contributed by atoms with Crippen LogP contribution < -0.4 is 0 Å². The fraction of sp³-hybridized carbons (Fsp3) is 0.438. The van der Waals surface area contributed by atoms with Crippen LogP contribution in [0.3, 0.4) is 0 Å². The highest BCUT2D eigenvalue weighted by atomic mass is 127. The maximum absolute atomic E-state index is 13.2. The van der Waals surface area contributed by atoms with Gasteiger partial charge in [-0.1, -0.05) is 59.0 Å². The van der Waals surface area contributed by atoms with Gasteiger partial charge in [0.2, 0.25) is 0 Å². The lowest BCUT2D eigenvalue weighted by molar-refractivity contribution is -0.152. The minimum absolute atomic E-state index is 0.00162. The molecule has 194 valence electrons. The summed E-state index contributed by atoms with van der Waals surface area (Å²) in [7, 11) is 0. The summed E-state index contributed by atoms with van der Waals surface area (Å²) >= 11 is 2.60. The molecule has 3 aromatic carbocycles. The SMILES string of the molecule is Oc1ccc2c(c1O)[C@]13CCN(CC4CC4)[C@H](C2)[C@]1(O)Cc1c(n2c4c1ccc1cccc(c14)CC2)C3I. The van der Waals surface area contributed by atoms with E-state index in [-0.39, 0.29) is 21.5 Å². The van der Waals surface area contributed by atoms with Crippen molar-refractivity contribution in [2.45, 2.75) is 66.1 Å². The summed E-state index contributed by atoms with van der Waals surface area (Å²) in [5.41, 5.74) is 5.53. The minimum atomic E-state index is -1.03. The number of aromatic nitrogens is 1. The van der Waals surface area contributed by atoms with E-state index in [1.165, 1.54) is 51.3 Å². The van der Waals surface area contributed by atoms with E-state index >= 15 is 0 Å². The molecule has 3 aliphatic carbocycles. The number of piperidine rings is 1. The van der Waals surface area contributed by atoms with E-state index in [4.69, 9.17) is 0 Å². The fourth-order valence-electron chi connectivity index (χ4n) is 9.06. The molecule has 0 amide bonds. The van der Waals surface area contributed by atoms with Gasteiger partial charge in [0.25, 0.3) is 0 Å². The first-order valence-electron chi connectivity index (χ1n) is 14.1. The van der Waals surface area contributed by atoms with Gasteiger partial charge in [-0.3, -0.25) is 4.90 Å². The van der Waals surface area contributed by atoms with E-state index in [0.717, 1.165) is 49.5 Å². The summed E-state index contributed by atoms with van der Waals surface area (Å²) in [4.78, 5) is 2.57. The van der Waals surface area contributed by atoms with Crippen molar-refractivity contribution in [3.8, 4) is 11.5 Å². The van der Waals surface area contributed by atoms with Gasteiger partial charge in [0.05, 0.1) is 15.0 Å². The summed E-state index contributed by atoms with van der Waals surface area (Å²) in [5, 5.41) is 39.2. The molecule has 4 aromatic rings. The number of rotatable bonds is 2. The molecule has 3 N–H and O–H groups in total. The third kappa shape index (κ3) is 2.52. The summed E-state index contributed by atoms with van der Waals surface area (Å²) < 4.78 is 2.52. The van der Waals surface area contributed by atoms with E-state index in [1.54, 1.807) is 6.07 Å². The number of aromatic hydroxyl groups is 2. The lowest BCUT2D eigenvalue weighted by atomic mass is 9.49. The van der Waals surface area contributed by atoms with Crippen molar-refractivity contribution in [1.29, 1.82) is 0 Å². The summed E-state index contributed by atoms with van der Waals surface area (Å²) in [6.45, 7) is 2.91. The van der Waals surface area contributed by atoms with Gasteiger partial charge in [0.15, 0.2) is 11.5 Å². The fourth-order valence-corrected chi connectivity index (χ4v) is 10.9. The molecule has 5 aliphatic rings. The van der Waals surface area contributed by atoms with Crippen molar-refractivity contribution >= 4 is 44.3 Å². The average molecular weight is 619 g/mol. The molecule has 6 heteroatoms. The lowest BCUT2D eigenvalue weighted by Crippen LogP contribution is -2.74. The molecular formula is C32H31IN2O3. The van der Waals surface area contributed by atoms with Gasteiger partial charge >= 0.3 is 0 Å². The van der Waals surface area contributed by atoms with Crippen LogP contribution in [0.1, 0.15) is 51.1 Å². The number of benzene rings is 3. The van der Waals surface area contributed by atoms with Crippen molar-refractivity contribution in [2.75, 3.05) is 13.1 Å². The molecule has 1 unspecified atom stereocenters. The van der Waals surface area contributed by atoms with E-state index in [2.05, 4.69) is 62.4 Å². The Morgan fingerprint density at radius 1 is 1.00 bits per heavy atom. The van der Waals surface area contributed by atoms with Crippen LogP contribution in [-0.2, 0) is 31.2 Å². The Labute approximate surface area is 235 Å². The highest BCUT2D eigenvalue weighted by Crippen LogP contribution is 2.67. The normalized spacial score (nSPS) is 31.4. The van der Waals surface area contributed by atoms with Crippen molar-refractivity contribution in [1.82, 2.24) is 9.47 Å². The third-order valence-electron chi connectivity index (χ3n) is 10.9. The number of hydrogen-bond donors (Lipinski definition) is 3. The van der Waals surface area contributed by atoms with Crippen LogP contribution in [0.5, 0.6) is 11.5 Å². The first kappa shape index (κ1) is 22.5. The Morgan fingerprint density at radius 2 is 1.87 bits per heavy atom. The summed E-state index contributed by atoms with van der Waals surface area (Å²) in [5.74, 6) is 0.643. The Balaban J connectivity index is 1.36. The van der Waals surface area contributed by atoms with E-state index in [1.807, 2.05) is 6.07 Å². The number of likely N-dealkylation sites (tertiary alicyclic amines) is 1. The van der Waals surface area contributed by atoms with Gasteiger partial charge < -0.3 is 19.9 Å². The molecule has 1 aromatic heterocycles. The number of aliphatic hydroxyl groups is 1. The smallest absolute Gasteiger partial charge is 0.161 e. The zero-order valence-electron chi connectivity index (χ0n) is 21.3. The lowest BCUT2D eigenvalue weighted by Gasteiger charge is -2.65. The monoisotopic (exact) mass is 618 g/mol. The number of halogens is 1. The van der Waals surface area contributed by atoms with Crippen molar-refractivity contribution in [3.63, 3.8) is 0 Å². The molecule has 38 heavy (non-hydrogen) atoms. The second-order valence-corrected chi connectivity index (χ2v) is 13.8. The Morgan fingerprint density at radius 3 is 2.71 bits per heavy atom. The minimum Gasteiger partial charge on any atom is -0.504 e. The topological polar surface area (TPSA) is 68.9 Å². The molecule has 0 radical (unpaired) electrons. The molecule has 4 atom stereocenters. The van der Waals surface area contributed by atoms with Crippen LogP contribution in [0, 0.1) is 5.92 Å². The van der Waals surface area contributed by atoms with Crippen LogP contribution in [-0.4, -0.2) is 49.5 Å². The second kappa shape index (κ2) is 7.26. The van der Waals surface area contributed by atoms with Crippen LogP contribution >= 0.6 is 22.6 Å². The summed E-state index contributed by atoms with van der Waals surface area (Å²) in [6, 6.07) is 14.8. The number of alkyl halides is 1. The van der Waals surface area contributed by atoms with Gasteiger partial charge in [0, 0.05) is 53.0 Å². The Kier molecular flexibility index (Phi) is 4.30. The molecule has 5 nitrogen and oxygen atoms in total. The van der Waals surface area contributed by atoms with Crippen molar-refractivity contribution < 1.29 is 15.3 Å².